The van der Waals surface area contributed by atoms with Crippen molar-refractivity contribution in [3.63, 3.8) is 0 Å². The van der Waals surface area contributed by atoms with Crippen LogP contribution in [-0.4, -0.2) is 38.0 Å². The summed E-state index contributed by atoms with van der Waals surface area (Å²) >= 11 is 0. The molecule has 1 aliphatic heterocycles. The number of hydrogen-bond acceptors (Lipinski definition) is 3. The van der Waals surface area contributed by atoms with E-state index in [9.17, 15) is 12.8 Å². The first-order chi connectivity index (χ1) is 10.4. The predicted octanol–water partition coefficient (Wildman–Crippen LogP) is 2.65. The molecular formula is C16H22FNO3S. The Bertz CT molecular complexity index is 629. The van der Waals surface area contributed by atoms with Crippen LogP contribution in [0.1, 0.15) is 26.7 Å². The fourth-order valence-corrected chi connectivity index (χ4v) is 5.19. The number of halogens is 1. The van der Waals surface area contributed by atoms with E-state index in [0.717, 1.165) is 12.8 Å². The summed E-state index contributed by atoms with van der Waals surface area (Å²) in [5.41, 5.74) is 0. The minimum absolute atomic E-state index is 0.00220. The lowest BCUT2D eigenvalue weighted by Gasteiger charge is -2.26. The number of sulfonamides is 1. The minimum atomic E-state index is -3.57. The third-order valence-electron chi connectivity index (χ3n) is 4.50. The maximum Gasteiger partial charge on any atom is 0.243 e. The maximum absolute atomic E-state index is 13.0. The number of fused-ring (bicyclic) bond motifs is 2. The molecule has 2 bridgehead atoms. The SMILES string of the molecule is CC(C)CO[C@@H]1[C@H]2CC[C@H]1N(S(=O)(=O)c1ccc(F)cc1)C2. The third-order valence-corrected chi connectivity index (χ3v) is 6.41. The lowest BCUT2D eigenvalue weighted by molar-refractivity contribution is 0.0182. The van der Waals surface area contributed by atoms with Crippen molar-refractivity contribution in [1.29, 1.82) is 0 Å². The first-order valence-electron chi connectivity index (χ1n) is 7.78. The second-order valence-electron chi connectivity index (χ2n) is 6.63. The Hall–Kier alpha value is -0.980. The van der Waals surface area contributed by atoms with Crippen molar-refractivity contribution in [2.45, 2.75) is 43.7 Å². The summed E-state index contributed by atoms with van der Waals surface area (Å²) < 4.78 is 46.1. The number of ether oxygens (including phenoxy) is 1. The number of nitrogens with zero attached hydrogens (tertiary/aromatic N) is 1. The Labute approximate surface area is 131 Å². The molecule has 0 amide bonds. The van der Waals surface area contributed by atoms with Crippen LogP contribution >= 0.6 is 0 Å². The van der Waals surface area contributed by atoms with Crippen LogP contribution in [0.2, 0.25) is 0 Å². The van der Waals surface area contributed by atoms with Crippen LogP contribution in [0.3, 0.4) is 0 Å². The molecule has 2 aliphatic rings. The summed E-state index contributed by atoms with van der Waals surface area (Å²) in [5, 5.41) is 0. The zero-order valence-electron chi connectivity index (χ0n) is 12.9. The van der Waals surface area contributed by atoms with E-state index in [1.54, 1.807) is 4.31 Å². The fraction of sp³-hybridized carbons (Fsp3) is 0.625. The van der Waals surface area contributed by atoms with E-state index in [-0.39, 0.29) is 23.0 Å². The van der Waals surface area contributed by atoms with E-state index in [2.05, 4.69) is 13.8 Å². The van der Waals surface area contributed by atoms with Crippen molar-refractivity contribution >= 4 is 10.0 Å². The van der Waals surface area contributed by atoms with Crippen molar-refractivity contribution in [3.05, 3.63) is 30.1 Å². The Kier molecular flexibility index (Phi) is 4.27. The molecule has 0 radical (unpaired) electrons. The van der Waals surface area contributed by atoms with Gasteiger partial charge < -0.3 is 4.74 Å². The molecule has 1 aromatic carbocycles. The van der Waals surface area contributed by atoms with Crippen molar-refractivity contribution in [1.82, 2.24) is 4.31 Å². The Balaban J connectivity index is 1.80. The number of hydrogen-bond donors (Lipinski definition) is 0. The largest absolute Gasteiger partial charge is 0.376 e. The van der Waals surface area contributed by atoms with Gasteiger partial charge in [0.1, 0.15) is 5.82 Å². The lowest BCUT2D eigenvalue weighted by atomic mass is 10.1. The number of benzene rings is 1. The van der Waals surface area contributed by atoms with Gasteiger partial charge in [-0.15, -0.1) is 0 Å². The first-order valence-corrected chi connectivity index (χ1v) is 9.22. The molecule has 1 saturated carbocycles. The quantitative estimate of drug-likeness (QED) is 0.835. The summed E-state index contributed by atoms with van der Waals surface area (Å²) in [6.45, 7) is 5.34. The van der Waals surface area contributed by atoms with Crippen LogP contribution in [0.5, 0.6) is 0 Å². The highest BCUT2D eigenvalue weighted by atomic mass is 32.2. The maximum atomic E-state index is 13.0. The summed E-state index contributed by atoms with van der Waals surface area (Å²) in [7, 11) is -3.57. The molecule has 1 aliphatic carbocycles. The van der Waals surface area contributed by atoms with Gasteiger partial charge in [0.05, 0.1) is 17.0 Å². The standard InChI is InChI=1S/C16H22FNO3S/c1-11(2)10-21-16-12-3-8-15(16)18(9-12)22(19,20)14-6-4-13(17)5-7-14/h4-7,11-12,15-16H,3,8-10H2,1-2H3/t12-,15+,16+/m0/s1. The average Bonchev–Trinajstić information content (AvgIpc) is 3.02. The molecule has 1 saturated heterocycles. The average molecular weight is 327 g/mol. The van der Waals surface area contributed by atoms with E-state index in [1.807, 2.05) is 0 Å². The van der Waals surface area contributed by atoms with Gasteiger partial charge in [-0.25, -0.2) is 12.8 Å². The van der Waals surface area contributed by atoms with Crippen LogP contribution < -0.4 is 0 Å². The molecule has 4 nitrogen and oxygen atoms in total. The summed E-state index contributed by atoms with van der Waals surface area (Å²) in [4.78, 5) is 0.157. The molecule has 1 heterocycles. The van der Waals surface area contributed by atoms with Crippen LogP contribution in [0.15, 0.2) is 29.2 Å². The predicted molar refractivity (Wildman–Crippen MR) is 81.4 cm³/mol. The molecule has 3 atom stereocenters. The van der Waals surface area contributed by atoms with E-state index < -0.39 is 15.8 Å². The monoisotopic (exact) mass is 327 g/mol. The topological polar surface area (TPSA) is 46.6 Å². The Morgan fingerprint density at radius 2 is 1.95 bits per heavy atom. The Morgan fingerprint density at radius 3 is 2.59 bits per heavy atom. The minimum Gasteiger partial charge on any atom is -0.376 e. The number of piperidine rings is 1. The summed E-state index contributed by atoms with van der Waals surface area (Å²) in [5.74, 6) is 0.279. The molecule has 1 aromatic rings. The summed E-state index contributed by atoms with van der Waals surface area (Å²) in [6, 6.07) is 4.96. The lowest BCUT2D eigenvalue weighted by Crippen LogP contribution is -2.40. The van der Waals surface area contributed by atoms with Crippen molar-refractivity contribution < 1.29 is 17.5 Å². The van der Waals surface area contributed by atoms with Gasteiger partial charge in [0, 0.05) is 19.1 Å². The highest BCUT2D eigenvalue weighted by Gasteiger charge is 2.52. The molecule has 0 unspecified atom stereocenters. The molecule has 122 valence electrons. The van der Waals surface area contributed by atoms with Gasteiger partial charge in [0.25, 0.3) is 0 Å². The normalized spacial score (nSPS) is 28.6. The molecule has 2 fully saturated rings. The molecule has 6 heteroatoms. The van der Waals surface area contributed by atoms with Crippen molar-refractivity contribution in [2.24, 2.45) is 11.8 Å². The number of rotatable bonds is 5. The molecule has 22 heavy (non-hydrogen) atoms. The van der Waals surface area contributed by atoms with E-state index in [4.69, 9.17) is 4.74 Å². The van der Waals surface area contributed by atoms with Crippen molar-refractivity contribution in [3.8, 4) is 0 Å². The zero-order chi connectivity index (χ0) is 15.9. The fourth-order valence-electron chi connectivity index (χ4n) is 3.47. The van der Waals surface area contributed by atoms with Gasteiger partial charge in [-0.05, 0) is 43.0 Å². The van der Waals surface area contributed by atoms with Gasteiger partial charge in [0.15, 0.2) is 0 Å². The summed E-state index contributed by atoms with van der Waals surface area (Å²) in [6.07, 6.45) is 1.86. The van der Waals surface area contributed by atoms with Crippen LogP contribution in [0, 0.1) is 17.7 Å². The molecule has 0 spiro atoms. The van der Waals surface area contributed by atoms with Gasteiger partial charge in [-0.2, -0.15) is 4.31 Å². The van der Waals surface area contributed by atoms with E-state index in [0.29, 0.717) is 19.1 Å². The highest BCUT2D eigenvalue weighted by Crippen LogP contribution is 2.42. The Morgan fingerprint density at radius 1 is 1.27 bits per heavy atom. The van der Waals surface area contributed by atoms with Gasteiger partial charge >= 0.3 is 0 Å². The second-order valence-corrected chi connectivity index (χ2v) is 8.52. The zero-order valence-corrected chi connectivity index (χ0v) is 13.7. The van der Waals surface area contributed by atoms with Gasteiger partial charge in [-0.1, -0.05) is 13.8 Å². The molecular weight excluding hydrogens is 305 g/mol. The smallest absolute Gasteiger partial charge is 0.243 e. The van der Waals surface area contributed by atoms with Crippen LogP contribution in [0.25, 0.3) is 0 Å². The molecule has 0 aromatic heterocycles. The van der Waals surface area contributed by atoms with Gasteiger partial charge in [0.2, 0.25) is 10.0 Å². The van der Waals surface area contributed by atoms with E-state index in [1.165, 1.54) is 24.3 Å². The third kappa shape index (κ3) is 2.79. The second kappa shape index (κ2) is 5.91. The van der Waals surface area contributed by atoms with Crippen molar-refractivity contribution in [2.75, 3.05) is 13.2 Å². The van der Waals surface area contributed by atoms with Gasteiger partial charge in [-0.3, -0.25) is 0 Å². The van der Waals surface area contributed by atoms with Crippen LogP contribution in [0.4, 0.5) is 4.39 Å². The highest BCUT2D eigenvalue weighted by molar-refractivity contribution is 7.89. The first kappa shape index (κ1) is 15.9. The van der Waals surface area contributed by atoms with E-state index >= 15 is 0 Å². The molecule has 0 N–H and O–H groups in total. The van der Waals surface area contributed by atoms with Crippen LogP contribution in [-0.2, 0) is 14.8 Å². The molecule has 3 rings (SSSR count).